The third-order valence-corrected chi connectivity index (χ3v) is 2.53. The van der Waals surface area contributed by atoms with Crippen LogP contribution in [0, 0.1) is 5.92 Å². The van der Waals surface area contributed by atoms with Crippen molar-refractivity contribution in [1.82, 2.24) is 0 Å². The highest BCUT2D eigenvalue weighted by atomic mass is 16.7. The van der Waals surface area contributed by atoms with Gasteiger partial charge < -0.3 is 14.3 Å². The molecular weight excluding hydrogens is 180 g/mol. The normalized spacial score (nSPS) is 23.6. The van der Waals surface area contributed by atoms with Crippen molar-refractivity contribution >= 4 is 6.29 Å². The van der Waals surface area contributed by atoms with E-state index in [4.69, 9.17) is 9.47 Å². The monoisotopic (exact) mass is 200 g/mol. The van der Waals surface area contributed by atoms with Crippen LogP contribution in [0.5, 0.6) is 0 Å². The van der Waals surface area contributed by atoms with Crippen molar-refractivity contribution in [2.24, 2.45) is 5.92 Å². The largest absolute Gasteiger partial charge is 0.353 e. The lowest BCUT2D eigenvalue weighted by molar-refractivity contribution is -0.113. The number of aldehydes is 1. The van der Waals surface area contributed by atoms with E-state index < -0.39 is 0 Å². The zero-order valence-corrected chi connectivity index (χ0v) is 8.91. The molecule has 1 saturated heterocycles. The molecule has 0 radical (unpaired) electrons. The lowest BCUT2D eigenvalue weighted by atomic mass is 10.0. The topological polar surface area (TPSA) is 35.5 Å². The minimum Gasteiger partial charge on any atom is -0.353 e. The second kappa shape index (κ2) is 6.96. The molecule has 1 rings (SSSR count). The molecule has 1 fully saturated rings. The van der Waals surface area contributed by atoms with E-state index in [0.29, 0.717) is 12.3 Å². The molecule has 14 heavy (non-hydrogen) atoms. The molecule has 0 aromatic heterocycles. The van der Waals surface area contributed by atoms with Crippen LogP contribution in [0.25, 0.3) is 0 Å². The molecule has 0 bridgehead atoms. The highest BCUT2D eigenvalue weighted by Crippen LogP contribution is 2.14. The molecule has 3 heteroatoms. The summed E-state index contributed by atoms with van der Waals surface area (Å²) in [5.74, 6) is 0.487. The molecule has 0 spiro atoms. The Bertz CT molecular complexity index is 153. The quantitative estimate of drug-likeness (QED) is 0.466. The summed E-state index contributed by atoms with van der Waals surface area (Å²) in [4.78, 5) is 10.2. The fraction of sp³-hybridized carbons (Fsp3) is 0.909. The summed E-state index contributed by atoms with van der Waals surface area (Å²) in [6.45, 7) is 3.69. The van der Waals surface area contributed by atoms with Gasteiger partial charge in [0.15, 0.2) is 6.29 Å². The summed E-state index contributed by atoms with van der Waals surface area (Å²) in [7, 11) is 0. The van der Waals surface area contributed by atoms with Crippen LogP contribution in [0.2, 0.25) is 0 Å². The molecule has 3 nitrogen and oxygen atoms in total. The summed E-state index contributed by atoms with van der Waals surface area (Å²) < 4.78 is 10.9. The number of hydrogen-bond donors (Lipinski definition) is 0. The van der Waals surface area contributed by atoms with Gasteiger partial charge in [0.25, 0.3) is 0 Å². The number of rotatable bonds is 7. The van der Waals surface area contributed by atoms with Gasteiger partial charge in [0, 0.05) is 26.1 Å². The van der Waals surface area contributed by atoms with Gasteiger partial charge >= 0.3 is 0 Å². The average Bonchev–Trinajstić information content (AvgIpc) is 2.65. The zero-order valence-electron chi connectivity index (χ0n) is 8.91. The molecule has 0 amide bonds. The van der Waals surface area contributed by atoms with Gasteiger partial charge in [-0.15, -0.1) is 0 Å². The van der Waals surface area contributed by atoms with E-state index in [-0.39, 0.29) is 6.29 Å². The van der Waals surface area contributed by atoms with Crippen LogP contribution < -0.4 is 0 Å². The van der Waals surface area contributed by atoms with Crippen molar-refractivity contribution in [3.63, 3.8) is 0 Å². The first-order valence-electron chi connectivity index (χ1n) is 5.49. The molecule has 0 saturated carbocycles. The maximum Gasteiger partial charge on any atom is 0.157 e. The minimum atomic E-state index is 0.0383. The van der Waals surface area contributed by atoms with Crippen molar-refractivity contribution in [1.29, 1.82) is 0 Å². The smallest absolute Gasteiger partial charge is 0.157 e. The standard InChI is InChI=1S/C11H20O3/c1-10(6-7-12)4-2-8-13-11-5-3-9-14-11/h7,10-11H,2-6,8-9H2,1H3/t10-,11?/m0/s1. The van der Waals surface area contributed by atoms with Crippen molar-refractivity contribution in [3.8, 4) is 0 Å². The van der Waals surface area contributed by atoms with Crippen LogP contribution in [0.1, 0.15) is 39.0 Å². The van der Waals surface area contributed by atoms with Gasteiger partial charge in [-0.25, -0.2) is 0 Å². The first kappa shape index (κ1) is 11.7. The Hall–Kier alpha value is -0.410. The van der Waals surface area contributed by atoms with Crippen LogP contribution >= 0.6 is 0 Å². The molecule has 1 heterocycles. The van der Waals surface area contributed by atoms with Gasteiger partial charge in [-0.3, -0.25) is 0 Å². The fourth-order valence-electron chi connectivity index (χ4n) is 1.61. The minimum absolute atomic E-state index is 0.0383. The van der Waals surface area contributed by atoms with Crippen molar-refractivity contribution in [2.45, 2.75) is 45.3 Å². The summed E-state index contributed by atoms with van der Waals surface area (Å²) in [5.41, 5.74) is 0. The summed E-state index contributed by atoms with van der Waals surface area (Å²) in [5, 5.41) is 0. The van der Waals surface area contributed by atoms with E-state index >= 15 is 0 Å². The first-order valence-corrected chi connectivity index (χ1v) is 5.49. The van der Waals surface area contributed by atoms with E-state index in [9.17, 15) is 4.79 Å². The molecule has 82 valence electrons. The van der Waals surface area contributed by atoms with E-state index in [0.717, 1.165) is 45.2 Å². The Balaban J connectivity index is 1.90. The molecule has 1 aliphatic heterocycles. The molecule has 0 aromatic carbocycles. The third-order valence-electron chi connectivity index (χ3n) is 2.53. The second-order valence-corrected chi connectivity index (χ2v) is 3.96. The van der Waals surface area contributed by atoms with Crippen LogP contribution in [-0.2, 0) is 14.3 Å². The van der Waals surface area contributed by atoms with Crippen LogP contribution in [0.4, 0.5) is 0 Å². The SMILES string of the molecule is C[C@H](CC=O)CCCOC1CCCO1. The molecule has 1 unspecified atom stereocenters. The maximum absolute atomic E-state index is 10.2. The summed E-state index contributed by atoms with van der Waals surface area (Å²) in [6.07, 6.45) is 5.93. The summed E-state index contributed by atoms with van der Waals surface area (Å²) in [6, 6.07) is 0. The summed E-state index contributed by atoms with van der Waals surface area (Å²) >= 11 is 0. The van der Waals surface area contributed by atoms with Gasteiger partial charge in [0.05, 0.1) is 0 Å². The number of carbonyl (C=O) groups excluding carboxylic acids is 1. The lowest BCUT2D eigenvalue weighted by Crippen LogP contribution is -2.11. The highest BCUT2D eigenvalue weighted by Gasteiger charge is 2.15. The van der Waals surface area contributed by atoms with Crippen molar-refractivity contribution < 1.29 is 14.3 Å². The number of ether oxygens (including phenoxy) is 2. The highest BCUT2D eigenvalue weighted by molar-refractivity contribution is 5.49. The second-order valence-electron chi connectivity index (χ2n) is 3.96. The van der Waals surface area contributed by atoms with Gasteiger partial charge in [0.2, 0.25) is 0 Å². The van der Waals surface area contributed by atoms with E-state index in [1.165, 1.54) is 0 Å². The molecule has 1 aliphatic rings. The van der Waals surface area contributed by atoms with Crippen LogP contribution in [-0.4, -0.2) is 25.8 Å². The van der Waals surface area contributed by atoms with E-state index in [2.05, 4.69) is 6.92 Å². The Labute approximate surface area is 85.8 Å². The molecule has 0 N–H and O–H groups in total. The Morgan fingerprint density at radius 2 is 2.50 bits per heavy atom. The molecule has 0 aliphatic carbocycles. The predicted molar refractivity (Wildman–Crippen MR) is 54.0 cm³/mol. The fourth-order valence-corrected chi connectivity index (χ4v) is 1.61. The van der Waals surface area contributed by atoms with Gasteiger partial charge in [-0.05, 0) is 25.2 Å². The zero-order chi connectivity index (χ0) is 10.2. The van der Waals surface area contributed by atoms with Gasteiger partial charge in [0.1, 0.15) is 6.29 Å². The maximum atomic E-state index is 10.2. The number of hydrogen-bond acceptors (Lipinski definition) is 3. The Morgan fingerprint density at radius 1 is 1.64 bits per heavy atom. The molecule has 2 atom stereocenters. The van der Waals surface area contributed by atoms with Gasteiger partial charge in [-0.1, -0.05) is 6.92 Å². The van der Waals surface area contributed by atoms with Crippen molar-refractivity contribution in [3.05, 3.63) is 0 Å². The van der Waals surface area contributed by atoms with Crippen LogP contribution in [0.3, 0.4) is 0 Å². The Kier molecular flexibility index (Phi) is 5.80. The Morgan fingerprint density at radius 3 is 3.14 bits per heavy atom. The molecule has 0 aromatic rings. The lowest BCUT2D eigenvalue weighted by Gasteiger charge is -2.12. The van der Waals surface area contributed by atoms with Crippen molar-refractivity contribution in [2.75, 3.05) is 13.2 Å². The van der Waals surface area contributed by atoms with Crippen LogP contribution in [0.15, 0.2) is 0 Å². The van der Waals surface area contributed by atoms with E-state index in [1.807, 2.05) is 0 Å². The van der Waals surface area contributed by atoms with Gasteiger partial charge in [-0.2, -0.15) is 0 Å². The average molecular weight is 200 g/mol. The first-order chi connectivity index (χ1) is 6.83. The van der Waals surface area contributed by atoms with E-state index in [1.54, 1.807) is 0 Å². The third kappa shape index (κ3) is 4.72. The number of carbonyl (C=O) groups is 1. The predicted octanol–water partition coefficient (Wildman–Crippen LogP) is 2.14. The molecular formula is C11H20O3.